The Morgan fingerprint density at radius 1 is 1.23 bits per heavy atom. The summed E-state index contributed by atoms with van der Waals surface area (Å²) in [6.45, 7) is 9.54. The first-order valence-electron chi connectivity index (χ1n) is 4.75. The normalized spacial score (nSPS) is 13.1. The molecule has 0 aliphatic carbocycles. The van der Waals surface area contributed by atoms with E-state index in [1.807, 2.05) is 0 Å². The van der Waals surface area contributed by atoms with Gasteiger partial charge in [0.05, 0.1) is 0 Å². The summed E-state index contributed by atoms with van der Waals surface area (Å²) in [4.78, 5) is 4.14. The van der Waals surface area contributed by atoms with Crippen LogP contribution in [0, 0.1) is 17.8 Å². The third-order valence-electron chi connectivity index (χ3n) is 2.33. The molecule has 0 spiro atoms. The summed E-state index contributed by atoms with van der Waals surface area (Å²) in [5.74, 6) is 7.22. The van der Waals surface area contributed by atoms with Gasteiger partial charge < -0.3 is 5.73 Å². The summed E-state index contributed by atoms with van der Waals surface area (Å²) < 4.78 is 0. The lowest BCUT2D eigenvalue weighted by molar-refractivity contribution is 0.297. The van der Waals surface area contributed by atoms with Crippen molar-refractivity contribution < 1.29 is 0 Å². The molecular weight excluding hydrogens is 164 g/mol. The van der Waals surface area contributed by atoms with E-state index < -0.39 is 0 Å². The first-order valence-corrected chi connectivity index (χ1v) is 4.75. The fourth-order valence-corrected chi connectivity index (χ4v) is 1.44. The quantitative estimate of drug-likeness (QED) is 0.262. The van der Waals surface area contributed by atoms with Crippen LogP contribution in [0.5, 0.6) is 0 Å². The molecule has 0 heterocycles. The molecule has 0 aromatic rings. The van der Waals surface area contributed by atoms with Crippen LogP contribution in [0.25, 0.3) is 0 Å². The zero-order valence-electron chi connectivity index (χ0n) is 9.04. The highest BCUT2D eigenvalue weighted by atomic mass is 15.3. The minimum absolute atomic E-state index is 0.311. The summed E-state index contributed by atoms with van der Waals surface area (Å²) in [6, 6.07) is 0. The van der Waals surface area contributed by atoms with E-state index in [4.69, 9.17) is 11.6 Å². The second-order valence-electron chi connectivity index (χ2n) is 4.02. The molecule has 0 unspecified atom stereocenters. The second kappa shape index (κ2) is 5.80. The Balaban J connectivity index is 4.12. The van der Waals surface area contributed by atoms with Gasteiger partial charge in [-0.05, 0) is 17.8 Å². The van der Waals surface area contributed by atoms with Crippen molar-refractivity contribution in [2.24, 2.45) is 34.3 Å². The molecule has 4 heteroatoms. The van der Waals surface area contributed by atoms with Gasteiger partial charge in [-0.15, -0.1) is 0 Å². The second-order valence-corrected chi connectivity index (χ2v) is 4.02. The Hall–Kier alpha value is -0.770. The van der Waals surface area contributed by atoms with E-state index in [-0.39, 0.29) is 0 Å². The molecule has 0 rings (SSSR count). The predicted molar refractivity (Wildman–Crippen MR) is 57.0 cm³/mol. The van der Waals surface area contributed by atoms with Crippen LogP contribution >= 0.6 is 0 Å². The van der Waals surface area contributed by atoms with Gasteiger partial charge in [-0.1, -0.05) is 27.7 Å². The Labute approximate surface area is 80.8 Å². The summed E-state index contributed by atoms with van der Waals surface area (Å²) in [5.41, 5.74) is 7.76. The number of nitrogens with one attached hydrogen (secondary N) is 1. The maximum Gasteiger partial charge on any atom is 0.203 e. The van der Waals surface area contributed by atoms with Crippen LogP contribution in [-0.2, 0) is 0 Å². The summed E-state index contributed by atoms with van der Waals surface area (Å²) in [7, 11) is 0. The predicted octanol–water partition coefficient (Wildman–Crippen LogP) is 0.693. The van der Waals surface area contributed by atoms with Gasteiger partial charge >= 0.3 is 0 Å². The van der Waals surface area contributed by atoms with Crippen LogP contribution in [0.4, 0.5) is 0 Å². The van der Waals surface area contributed by atoms with Gasteiger partial charge in [-0.2, -0.15) is 0 Å². The minimum Gasteiger partial charge on any atom is -0.369 e. The number of rotatable bonds is 4. The number of hydrogen-bond acceptors (Lipinski definition) is 2. The van der Waals surface area contributed by atoms with Gasteiger partial charge in [0.25, 0.3) is 0 Å². The standard InChI is InChI=1S/C9H22N4/c1-6(2)8(7(3)4)5-12-9(10)13-11/h6-8H,5,11H2,1-4H3,(H3,10,12,13). The maximum atomic E-state index is 5.44. The highest BCUT2D eigenvalue weighted by Crippen LogP contribution is 2.20. The highest BCUT2D eigenvalue weighted by Gasteiger charge is 2.16. The SMILES string of the molecule is CC(C)C(CN=C(N)NN)C(C)C. The molecule has 0 aromatic heterocycles. The molecule has 4 nitrogen and oxygen atoms in total. The van der Waals surface area contributed by atoms with E-state index in [1.54, 1.807) is 0 Å². The Morgan fingerprint density at radius 2 is 1.69 bits per heavy atom. The van der Waals surface area contributed by atoms with Crippen molar-refractivity contribution in [2.45, 2.75) is 27.7 Å². The van der Waals surface area contributed by atoms with Crippen molar-refractivity contribution in [2.75, 3.05) is 6.54 Å². The number of hydrogen-bond donors (Lipinski definition) is 3. The van der Waals surface area contributed by atoms with Gasteiger partial charge in [0.2, 0.25) is 5.96 Å². The average molecular weight is 186 g/mol. The monoisotopic (exact) mass is 186 g/mol. The Morgan fingerprint density at radius 3 is 2.00 bits per heavy atom. The molecule has 0 radical (unpaired) electrons. The van der Waals surface area contributed by atoms with Crippen molar-refractivity contribution in [3.05, 3.63) is 0 Å². The molecule has 78 valence electrons. The van der Waals surface area contributed by atoms with Crippen molar-refractivity contribution in [1.29, 1.82) is 0 Å². The molecule has 0 saturated heterocycles. The number of hydrazine groups is 1. The first-order chi connectivity index (χ1) is 5.99. The van der Waals surface area contributed by atoms with Gasteiger partial charge in [0.1, 0.15) is 0 Å². The van der Waals surface area contributed by atoms with Gasteiger partial charge in [-0.25, -0.2) is 5.84 Å². The van der Waals surface area contributed by atoms with Crippen molar-refractivity contribution in [1.82, 2.24) is 5.43 Å². The number of nitrogens with zero attached hydrogens (tertiary/aromatic N) is 1. The average Bonchev–Trinajstić information content (AvgIpc) is 2.03. The summed E-state index contributed by atoms with van der Waals surface area (Å²) in [6.07, 6.45) is 0. The lowest BCUT2D eigenvalue weighted by Crippen LogP contribution is -2.37. The van der Waals surface area contributed by atoms with Crippen LogP contribution in [-0.4, -0.2) is 12.5 Å². The van der Waals surface area contributed by atoms with Crippen LogP contribution in [0.1, 0.15) is 27.7 Å². The van der Waals surface area contributed by atoms with E-state index in [0.717, 1.165) is 6.54 Å². The van der Waals surface area contributed by atoms with Crippen LogP contribution in [0.15, 0.2) is 4.99 Å². The van der Waals surface area contributed by atoms with E-state index in [1.165, 1.54) is 0 Å². The zero-order valence-corrected chi connectivity index (χ0v) is 9.04. The van der Waals surface area contributed by atoms with Gasteiger partial charge in [0.15, 0.2) is 0 Å². The Kier molecular flexibility index (Phi) is 5.46. The number of nitrogens with two attached hydrogens (primary N) is 2. The maximum absolute atomic E-state index is 5.44. The third kappa shape index (κ3) is 4.72. The molecule has 0 bridgehead atoms. The first kappa shape index (κ1) is 12.2. The third-order valence-corrected chi connectivity index (χ3v) is 2.33. The van der Waals surface area contributed by atoms with Crippen LogP contribution < -0.4 is 17.0 Å². The number of guanidine groups is 1. The Bertz CT molecular complexity index is 155. The molecule has 13 heavy (non-hydrogen) atoms. The summed E-state index contributed by atoms with van der Waals surface area (Å²) in [5, 5.41) is 0. The fourth-order valence-electron chi connectivity index (χ4n) is 1.44. The minimum atomic E-state index is 0.311. The molecule has 0 atom stereocenters. The zero-order chi connectivity index (χ0) is 10.4. The smallest absolute Gasteiger partial charge is 0.203 e. The van der Waals surface area contributed by atoms with Crippen molar-refractivity contribution in [3.8, 4) is 0 Å². The van der Waals surface area contributed by atoms with E-state index in [9.17, 15) is 0 Å². The van der Waals surface area contributed by atoms with Crippen LogP contribution in [0.2, 0.25) is 0 Å². The van der Waals surface area contributed by atoms with E-state index in [0.29, 0.717) is 23.7 Å². The molecular formula is C9H22N4. The van der Waals surface area contributed by atoms with Crippen LogP contribution in [0.3, 0.4) is 0 Å². The molecule has 5 N–H and O–H groups in total. The van der Waals surface area contributed by atoms with Gasteiger partial charge in [-0.3, -0.25) is 10.4 Å². The van der Waals surface area contributed by atoms with Crippen molar-refractivity contribution >= 4 is 5.96 Å². The topological polar surface area (TPSA) is 76.4 Å². The largest absolute Gasteiger partial charge is 0.369 e. The van der Waals surface area contributed by atoms with E-state index >= 15 is 0 Å². The molecule has 0 amide bonds. The lowest BCUT2D eigenvalue weighted by Gasteiger charge is -2.22. The van der Waals surface area contributed by atoms with E-state index in [2.05, 4.69) is 38.1 Å². The molecule has 0 fully saturated rings. The molecule has 0 aliphatic heterocycles. The number of aliphatic imine (C=N–C) groups is 1. The molecule has 0 aromatic carbocycles. The molecule has 0 saturated carbocycles. The molecule has 0 aliphatic rings. The van der Waals surface area contributed by atoms with Crippen molar-refractivity contribution in [3.63, 3.8) is 0 Å². The lowest BCUT2D eigenvalue weighted by atomic mass is 9.86. The fraction of sp³-hybridized carbons (Fsp3) is 0.889. The van der Waals surface area contributed by atoms with Gasteiger partial charge in [0, 0.05) is 6.54 Å². The summed E-state index contributed by atoms with van der Waals surface area (Å²) >= 11 is 0. The highest BCUT2D eigenvalue weighted by molar-refractivity contribution is 5.77.